The summed E-state index contributed by atoms with van der Waals surface area (Å²) >= 11 is 0. The van der Waals surface area contributed by atoms with Gasteiger partial charge in [-0.2, -0.15) is 4.99 Å². The summed E-state index contributed by atoms with van der Waals surface area (Å²) in [5.74, 6) is 0.524. The summed E-state index contributed by atoms with van der Waals surface area (Å²) in [6, 6.07) is 12.0. The number of ether oxygens (including phenoxy) is 2. The molecule has 2 aromatic carbocycles. The molecule has 1 saturated carbocycles. The van der Waals surface area contributed by atoms with Crippen LogP contribution in [0, 0.1) is 0 Å². The lowest BCUT2D eigenvalue weighted by molar-refractivity contribution is 0.0697. The van der Waals surface area contributed by atoms with Crippen LogP contribution in [0.1, 0.15) is 42.5 Å². The molecule has 0 aromatic heterocycles. The molecule has 0 amide bonds. The van der Waals surface area contributed by atoms with Gasteiger partial charge in [-0.05, 0) is 56.0 Å². The van der Waals surface area contributed by atoms with Gasteiger partial charge in [0.1, 0.15) is 11.4 Å². The minimum absolute atomic E-state index is 0.0335. The van der Waals surface area contributed by atoms with Crippen LogP contribution in [0.2, 0.25) is 0 Å². The molecule has 0 saturated heterocycles. The zero-order valence-electron chi connectivity index (χ0n) is 17.2. The normalized spacial score (nSPS) is 17.6. The number of hydrogen-bond donors (Lipinski definition) is 3. The Kier molecular flexibility index (Phi) is 5.41. The molecule has 2 aromatic rings. The van der Waals surface area contributed by atoms with Crippen LogP contribution in [-0.4, -0.2) is 35.8 Å². The van der Waals surface area contributed by atoms with Gasteiger partial charge in [-0.1, -0.05) is 18.6 Å². The van der Waals surface area contributed by atoms with Gasteiger partial charge >= 0.3 is 5.97 Å². The maximum absolute atomic E-state index is 12.2. The molecule has 0 unspecified atom stereocenters. The van der Waals surface area contributed by atoms with Gasteiger partial charge in [0.2, 0.25) is 11.9 Å². The van der Waals surface area contributed by atoms with Crippen LogP contribution in [0.5, 0.6) is 17.2 Å². The topological polar surface area (TPSA) is 136 Å². The smallest absolute Gasteiger partial charge is 0.337 e. The van der Waals surface area contributed by atoms with Gasteiger partial charge in [0.05, 0.1) is 18.4 Å². The highest BCUT2D eigenvalue weighted by Gasteiger charge is 2.43. The molecular weight excluding hydrogens is 398 g/mol. The van der Waals surface area contributed by atoms with Crippen LogP contribution in [0.25, 0.3) is 0 Å². The molecular formula is C22H25N5O4. The summed E-state index contributed by atoms with van der Waals surface area (Å²) in [5, 5.41) is 9.96. The number of guanidine groups is 2. The second kappa shape index (κ2) is 8.17. The number of rotatable bonds is 5. The molecule has 2 aliphatic rings. The number of anilines is 1. The van der Waals surface area contributed by atoms with E-state index in [2.05, 4.69) is 9.98 Å². The minimum Gasteiger partial charge on any atom is -0.493 e. The Morgan fingerprint density at radius 1 is 1.10 bits per heavy atom. The summed E-state index contributed by atoms with van der Waals surface area (Å²) in [4.78, 5) is 22.6. The number of para-hydroxylation sites is 2. The summed E-state index contributed by atoms with van der Waals surface area (Å²) in [6.07, 6.45) is 4.39. The average Bonchev–Trinajstić information content (AvgIpc) is 2.75. The summed E-state index contributed by atoms with van der Waals surface area (Å²) in [6.45, 7) is 0. The van der Waals surface area contributed by atoms with E-state index in [1.165, 1.54) is 6.07 Å². The molecule has 1 aliphatic carbocycles. The van der Waals surface area contributed by atoms with Gasteiger partial charge < -0.3 is 26.0 Å². The highest BCUT2D eigenvalue weighted by atomic mass is 16.5. The fraction of sp³-hybridized carbons (Fsp3) is 0.318. The van der Waals surface area contributed by atoms with E-state index in [1.54, 1.807) is 36.3 Å². The molecule has 5 N–H and O–H groups in total. The zero-order valence-corrected chi connectivity index (χ0v) is 17.2. The van der Waals surface area contributed by atoms with Gasteiger partial charge in [0, 0.05) is 0 Å². The number of hydrogen-bond acceptors (Lipinski definition) is 8. The number of carboxylic acids is 1. The number of aliphatic imine (C=N–C) groups is 2. The molecule has 31 heavy (non-hydrogen) atoms. The van der Waals surface area contributed by atoms with Crippen LogP contribution in [0.4, 0.5) is 5.69 Å². The predicted octanol–water partition coefficient (Wildman–Crippen LogP) is 3.30. The lowest BCUT2D eigenvalue weighted by Gasteiger charge is -2.46. The lowest BCUT2D eigenvalue weighted by Crippen LogP contribution is -2.58. The molecule has 0 radical (unpaired) electrons. The van der Waals surface area contributed by atoms with Crippen LogP contribution in [0.3, 0.4) is 0 Å². The van der Waals surface area contributed by atoms with Crippen LogP contribution in [0.15, 0.2) is 52.4 Å². The highest BCUT2D eigenvalue weighted by Crippen LogP contribution is 2.42. The van der Waals surface area contributed by atoms with E-state index < -0.39 is 11.6 Å². The second-order valence-electron chi connectivity index (χ2n) is 7.56. The Labute approximate surface area is 180 Å². The quantitative estimate of drug-likeness (QED) is 0.671. The number of nitrogens with zero attached hydrogens (tertiary/aromatic N) is 3. The van der Waals surface area contributed by atoms with E-state index in [-0.39, 0.29) is 17.5 Å². The molecule has 9 heteroatoms. The fourth-order valence-corrected chi connectivity index (χ4v) is 4.24. The Morgan fingerprint density at radius 2 is 1.81 bits per heavy atom. The van der Waals surface area contributed by atoms with Crippen molar-refractivity contribution in [1.82, 2.24) is 0 Å². The molecule has 4 rings (SSSR count). The lowest BCUT2D eigenvalue weighted by atomic mass is 9.87. The molecule has 1 fully saturated rings. The molecule has 0 bridgehead atoms. The third kappa shape index (κ3) is 3.86. The van der Waals surface area contributed by atoms with Crippen LogP contribution < -0.4 is 25.8 Å². The van der Waals surface area contributed by atoms with E-state index >= 15 is 0 Å². The first kappa shape index (κ1) is 20.5. The Bertz CT molecular complexity index is 1060. The Hall–Kier alpha value is -3.75. The number of carbonyl (C=O) groups is 1. The molecule has 1 aliphatic heterocycles. The zero-order chi connectivity index (χ0) is 22.0. The number of carboxylic acid groups (broad SMARTS) is 1. The number of methoxy groups -OCH3 is 1. The SMILES string of the molecule is COc1ccccc1Oc1ccc(N2C(N)=NC(N)=NC23CCCCC3)c(C(=O)O)c1. The maximum Gasteiger partial charge on any atom is 0.337 e. The molecule has 1 heterocycles. The van der Waals surface area contributed by atoms with Gasteiger partial charge in [-0.3, -0.25) is 4.90 Å². The maximum atomic E-state index is 12.2. The standard InChI is InChI=1S/C22H25N5O4/c1-30-17-7-3-4-8-18(17)31-14-9-10-16(15(13-14)19(28)29)27-21(24)25-20(23)26-22(27)11-5-2-6-12-22/h3-4,7-10,13H,2,5-6,11-12H2,1H3,(H,28,29)(H4,23,24,25,26). The van der Waals surface area contributed by atoms with E-state index in [0.29, 0.717) is 35.8 Å². The third-order valence-corrected chi connectivity index (χ3v) is 5.59. The first-order valence-electron chi connectivity index (χ1n) is 10.1. The first-order chi connectivity index (χ1) is 14.9. The molecule has 0 atom stereocenters. The second-order valence-corrected chi connectivity index (χ2v) is 7.56. The van der Waals surface area contributed by atoms with Gasteiger partial charge in [-0.25, -0.2) is 9.79 Å². The van der Waals surface area contributed by atoms with Gasteiger partial charge in [-0.15, -0.1) is 0 Å². The number of nitrogens with two attached hydrogens (primary N) is 2. The number of benzene rings is 2. The van der Waals surface area contributed by atoms with Crippen molar-refractivity contribution in [3.8, 4) is 17.2 Å². The molecule has 9 nitrogen and oxygen atoms in total. The minimum atomic E-state index is -1.11. The van der Waals surface area contributed by atoms with Crippen molar-refractivity contribution in [3.05, 3.63) is 48.0 Å². The Morgan fingerprint density at radius 3 is 2.48 bits per heavy atom. The predicted molar refractivity (Wildman–Crippen MR) is 118 cm³/mol. The van der Waals surface area contributed by atoms with E-state index in [9.17, 15) is 9.90 Å². The summed E-state index contributed by atoms with van der Waals surface area (Å²) in [5.41, 5.74) is 11.9. The first-order valence-corrected chi connectivity index (χ1v) is 10.1. The van der Waals surface area contributed by atoms with Crippen molar-refractivity contribution in [2.24, 2.45) is 21.5 Å². The fourth-order valence-electron chi connectivity index (χ4n) is 4.24. The van der Waals surface area contributed by atoms with Crippen molar-refractivity contribution in [2.75, 3.05) is 12.0 Å². The van der Waals surface area contributed by atoms with Crippen molar-refractivity contribution in [2.45, 2.75) is 37.8 Å². The van der Waals surface area contributed by atoms with Gasteiger partial charge in [0.25, 0.3) is 0 Å². The summed E-state index contributed by atoms with van der Waals surface area (Å²) < 4.78 is 11.2. The third-order valence-electron chi connectivity index (χ3n) is 5.59. The highest BCUT2D eigenvalue weighted by molar-refractivity contribution is 6.09. The van der Waals surface area contributed by atoms with E-state index in [0.717, 1.165) is 19.3 Å². The largest absolute Gasteiger partial charge is 0.493 e. The van der Waals surface area contributed by atoms with Crippen molar-refractivity contribution < 1.29 is 19.4 Å². The van der Waals surface area contributed by atoms with Crippen LogP contribution >= 0.6 is 0 Å². The number of aromatic carboxylic acids is 1. The average molecular weight is 423 g/mol. The van der Waals surface area contributed by atoms with Crippen molar-refractivity contribution >= 4 is 23.6 Å². The molecule has 1 spiro atoms. The Balaban J connectivity index is 1.76. The van der Waals surface area contributed by atoms with Crippen molar-refractivity contribution in [3.63, 3.8) is 0 Å². The summed E-state index contributed by atoms with van der Waals surface area (Å²) in [7, 11) is 1.54. The monoisotopic (exact) mass is 423 g/mol. The van der Waals surface area contributed by atoms with Crippen LogP contribution in [-0.2, 0) is 0 Å². The van der Waals surface area contributed by atoms with E-state index in [4.69, 9.17) is 20.9 Å². The van der Waals surface area contributed by atoms with E-state index in [1.807, 2.05) is 12.1 Å². The van der Waals surface area contributed by atoms with Crippen molar-refractivity contribution in [1.29, 1.82) is 0 Å². The molecule has 162 valence electrons. The van der Waals surface area contributed by atoms with Gasteiger partial charge in [0.15, 0.2) is 11.5 Å².